The third-order valence-electron chi connectivity index (χ3n) is 3.72. The molecule has 1 aromatic rings. The number of benzene rings is 1. The van der Waals surface area contributed by atoms with Crippen LogP contribution in [0, 0.1) is 5.92 Å². The molecule has 1 N–H and O–H groups in total. The van der Waals surface area contributed by atoms with Gasteiger partial charge in [0.1, 0.15) is 0 Å². The highest BCUT2D eigenvalue weighted by atomic mass is 32.2. The summed E-state index contributed by atoms with van der Waals surface area (Å²) in [7, 11) is -3.23. The minimum atomic E-state index is -3.23. The van der Waals surface area contributed by atoms with Crippen LogP contribution in [0.1, 0.15) is 19.8 Å². The van der Waals surface area contributed by atoms with Crippen LogP contribution in [0.2, 0.25) is 0 Å². The zero-order valence-corrected chi connectivity index (χ0v) is 13.3. The maximum atomic E-state index is 12.1. The van der Waals surface area contributed by atoms with Gasteiger partial charge < -0.3 is 10.2 Å². The van der Waals surface area contributed by atoms with Crippen molar-refractivity contribution in [2.24, 2.45) is 5.92 Å². The van der Waals surface area contributed by atoms with E-state index in [1.807, 2.05) is 4.90 Å². The van der Waals surface area contributed by atoms with Gasteiger partial charge in [-0.05, 0) is 37.0 Å². The molecule has 0 bridgehead atoms. The number of hydrogen-bond acceptors (Lipinski definition) is 4. The van der Waals surface area contributed by atoms with E-state index in [0.29, 0.717) is 11.6 Å². The minimum absolute atomic E-state index is 0.0614. The Hall–Kier alpha value is -1.56. The van der Waals surface area contributed by atoms with Crippen LogP contribution in [-0.4, -0.2) is 45.1 Å². The second kappa shape index (κ2) is 6.47. The summed E-state index contributed by atoms with van der Waals surface area (Å²) in [5.74, 6) is 0.613. The highest BCUT2D eigenvalue weighted by Gasteiger charge is 2.20. The van der Waals surface area contributed by atoms with Crippen LogP contribution < -0.4 is 5.32 Å². The molecule has 1 unspecified atom stereocenters. The molecule has 1 aliphatic rings. The minimum Gasteiger partial charge on any atom is -0.376 e. The fourth-order valence-corrected chi connectivity index (χ4v) is 3.21. The lowest BCUT2D eigenvalue weighted by molar-refractivity contribution is -0.130. The Labute approximate surface area is 126 Å². The first-order chi connectivity index (χ1) is 9.86. The Morgan fingerprint density at radius 1 is 1.43 bits per heavy atom. The third kappa shape index (κ3) is 4.46. The van der Waals surface area contributed by atoms with E-state index in [9.17, 15) is 13.2 Å². The summed E-state index contributed by atoms with van der Waals surface area (Å²) in [6, 6.07) is 6.54. The van der Waals surface area contributed by atoms with Gasteiger partial charge in [-0.3, -0.25) is 4.79 Å². The van der Waals surface area contributed by atoms with Gasteiger partial charge in [0.25, 0.3) is 0 Å². The van der Waals surface area contributed by atoms with E-state index in [1.54, 1.807) is 24.3 Å². The predicted molar refractivity (Wildman–Crippen MR) is 83.0 cm³/mol. The quantitative estimate of drug-likeness (QED) is 0.920. The van der Waals surface area contributed by atoms with Gasteiger partial charge in [0, 0.05) is 25.0 Å². The first-order valence-corrected chi connectivity index (χ1v) is 9.07. The molecule has 0 saturated carbocycles. The van der Waals surface area contributed by atoms with Crippen LogP contribution >= 0.6 is 0 Å². The molecule has 21 heavy (non-hydrogen) atoms. The zero-order chi connectivity index (χ0) is 15.5. The average Bonchev–Trinajstić information content (AvgIpc) is 2.44. The molecule has 1 aromatic carbocycles. The summed E-state index contributed by atoms with van der Waals surface area (Å²) in [5.41, 5.74) is 0.649. The number of hydrogen-bond donors (Lipinski definition) is 1. The van der Waals surface area contributed by atoms with Gasteiger partial charge in [-0.25, -0.2) is 8.42 Å². The highest BCUT2D eigenvalue weighted by Crippen LogP contribution is 2.17. The van der Waals surface area contributed by atoms with Gasteiger partial charge in [-0.2, -0.15) is 0 Å². The van der Waals surface area contributed by atoms with Crippen LogP contribution in [0.3, 0.4) is 0 Å². The van der Waals surface area contributed by atoms with Crippen molar-refractivity contribution in [2.75, 3.05) is 31.2 Å². The molecule has 0 radical (unpaired) electrons. The van der Waals surface area contributed by atoms with E-state index in [1.165, 1.54) is 12.7 Å². The molecule has 1 aliphatic heterocycles. The van der Waals surface area contributed by atoms with Gasteiger partial charge in [0.05, 0.1) is 11.4 Å². The lowest BCUT2D eigenvalue weighted by atomic mass is 10.0. The number of likely N-dealkylation sites (tertiary alicyclic amines) is 1. The fourth-order valence-electron chi connectivity index (χ4n) is 2.54. The lowest BCUT2D eigenvalue weighted by Gasteiger charge is -2.31. The molecule has 1 amide bonds. The molecule has 1 atom stereocenters. The van der Waals surface area contributed by atoms with E-state index >= 15 is 0 Å². The molecule has 1 heterocycles. The van der Waals surface area contributed by atoms with Gasteiger partial charge in [0.2, 0.25) is 5.91 Å². The molecular formula is C15H22N2O3S. The molecule has 0 spiro atoms. The van der Waals surface area contributed by atoms with E-state index in [-0.39, 0.29) is 17.3 Å². The monoisotopic (exact) mass is 310 g/mol. The number of carbonyl (C=O) groups is 1. The number of nitrogens with zero attached hydrogens (tertiary/aromatic N) is 1. The van der Waals surface area contributed by atoms with Crippen molar-refractivity contribution in [1.29, 1.82) is 0 Å². The fraction of sp³-hybridized carbons (Fsp3) is 0.533. The summed E-state index contributed by atoms with van der Waals surface area (Å²) in [6.45, 7) is 3.97. The summed E-state index contributed by atoms with van der Waals surface area (Å²) < 4.78 is 23.0. The van der Waals surface area contributed by atoms with Crippen molar-refractivity contribution in [3.8, 4) is 0 Å². The Bertz CT molecular complexity index is 613. The number of carbonyl (C=O) groups excluding carboxylic acids is 1. The molecular weight excluding hydrogens is 288 g/mol. The highest BCUT2D eigenvalue weighted by molar-refractivity contribution is 7.90. The summed E-state index contributed by atoms with van der Waals surface area (Å²) >= 11 is 0. The number of anilines is 1. The topological polar surface area (TPSA) is 66.5 Å². The third-order valence-corrected chi connectivity index (χ3v) is 4.83. The van der Waals surface area contributed by atoms with E-state index in [4.69, 9.17) is 0 Å². The smallest absolute Gasteiger partial charge is 0.241 e. The van der Waals surface area contributed by atoms with Crippen molar-refractivity contribution < 1.29 is 13.2 Å². The summed E-state index contributed by atoms with van der Waals surface area (Å²) in [4.78, 5) is 14.3. The number of amides is 1. The maximum absolute atomic E-state index is 12.1. The maximum Gasteiger partial charge on any atom is 0.241 e. The van der Waals surface area contributed by atoms with Crippen molar-refractivity contribution in [3.05, 3.63) is 24.3 Å². The molecule has 116 valence electrons. The van der Waals surface area contributed by atoms with Crippen LogP contribution in [0.4, 0.5) is 5.69 Å². The second-order valence-corrected chi connectivity index (χ2v) is 7.76. The Kier molecular flexibility index (Phi) is 4.88. The SMILES string of the molecule is CC1CCCN(C(=O)CNc2cccc(S(C)(=O)=O)c2)C1. The van der Waals surface area contributed by atoms with Gasteiger partial charge in [-0.1, -0.05) is 13.0 Å². The Balaban J connectivity index is 1.95. The number of piperidine rings is 1. The molecule has 1 fully saturated rings. The first-order valence-electron chi connectivity index (χ1n) is 7.18. The first kappa shape index (κ1) is 15.8. The lowest BCUT2D eigenvalue weighted by Crippen LogP contribution is -2.41. The van der Waals surface area contributed by atoms with Crippen molar-refractivity contribution >= 4 is 21.4 Å². The van der Waals surface area contributed by atoms with Crippen molar-refractivity contribution in [3.63, 3.8) is 0 Å². The van der Waals surface area contributed by atoms with Gasteiger partial charge >= 0.3 is 0 Å². The number of rotatable bonds is 4. The van der Waals surface area contributed by atoms with Gasteiger partial charge in [-0.15, -0.1) is 0 Å². The number of nitrogens with one attached hydrogen (secondary N) is 1. The Morgan fingerprint density at radius 2 is 2.19 bits per heavy atom. The van der Waals surface area contributed by atoms with Crippen molar-refractivity contribution in [1.82, 2.24) is 4.90 Å². The van der Waals surface area contributed by atoms with E-state index < -0.39 is 9.84 Å². The standard InChI is InChI=1S/C15H22N2O3S/c1-12-5-4-8-17(11-12)15(18)10-16-13-6-3-7-14(9-13)21(2,19)20/h3,6-7,9,12,16H,4-5,8,10-11H2,1-2H3. The molecule has 6 heteroatoms. The van der Waals surface area contributed by atoms with Crippen LogP contribution in [0.15, 0.2) is 29.2 Å². The van der Waals surface area contributed by atoms with Crippen LogP contribution in [-0.2, 0) is 14.6 Å². The van der Waals surface area contributed by atoms with Gasteiger partial charge in [0.15, 0.2) is 9.84 Å². The largest absolute Gasteiger partial charge is 0.376 e. The number of sulfone groups is 1. The van der Waals surface area contributed by atoms with E-state index in [2.05, 4.69) is 12.2 Å². The molecule has 1 saturated heterocycles. The van der Waals surface area contributed by atoms with Crippen LogP contribution in [0.25, 0.3) is 0 Å². The Morgan fingerprint density at radius 3 is 2.86 bits per heavy atom. The second-order valence-electron chi connectivity index (χ2n) is 5.74. The average molecular weight is 310 g/mol. The molecule has 2 rings (SSSR count). The zero-order valence-electron chi connectivity index (χ0n) is 12.5. The van der Waals surface area contributed by atoms with Crippen molar-refractivity contribution in [2.45, 2.75) is 24.7 Å². The predicted octanol–water partition coefficient (Wildman–Crippen LogP) is 1.76. The molecule has 5 nitrogen and oxygen atoms in total. The summed E-state index contributed by atoms with van der Waals surface area (Å²) in [5, 5.41) is 3.01. The molecule has 0 aliphatic carbocycles. The summed E-state index contributed by atoms with van der Waals surface area (Å²) in [6.07, 6.45) is 3.40. The van der Waals surface area contributed by atoms with E-state index in [0.717, 1.165) is 19.5 Å². The van der Waals surface area contributed by atoms with Crippen LogP contribution in [0.5, 0.6) is 0 Å². The normalized spacial score (nSPS) is 19.3. The molecule has 0 aromatic heterocycles.